The Bertz CT molecular complexity index is 461. The monoisotopic (exact) mass is 292 g/mol. The van der Waals surface area contributed by atoms with Gasteiger partial charge in [0.25, 0.3) is 5.91 Å². The number of aliphatic hydroxyl groups excluding tert-OH is 1. The van der Waals surface area contributed by atoms with Crippen LogP contribution in [0.5, 0.6) is 0 Å². The van der Waals surface area contributed by atoms with Crippen LogP contribution in [0.25, 0.3) is 0 Å². The predicted molar refractivity (Wildman–Crippen MR) is 68.2 cm³/mol. The number of carbonyl (C=O) groups excluding carboxylic acids is 1. The summed E-state index contributed by atoms with van der Waals surface area (Å²) in [6.45, 7) is 1.13. The summed E-state index contributed by atoms with van der Waals surface area (Å²) in [5, 5.41) is 9.92. The van der Waals surface area contributed by atoms with Crippen LogP contribution in [0.15, 0.2) is 6.07 Å². The molecule has 100 valence electrons. The molecular formula is C11H14Cl2N2O3. The van der Waals surface area contributed by atoms with Crippen molar-refractivity contribution in [2.45, 2.75) is 6.04 Å². The maximum absolute atomic E-state index is 12.4. The van der Waals surface area contributed by atoms with Crippen molar-refractivity contribution < 1.29 is 14.6 Å². The zero-order valence-corrected chi connectivity index (χ0v) is 11.4. The first-order valence-corrected chi connectivity index (χ1v) is 6.32. The first-order chi connectivity index (χ1) is 8.56. The van der Waals surface area contributed by atoms with Crippen LogP contribution in [-0.2, 0) is 11.8 Å². The summed E-state index contributed by atoms with van der Waals surface area (Å²) in [5.41, 5.74) is 0.408. The molecule has 2 heterocycles. The largest absolute Gasteiger partial charge is 0.394 e. The average Bonchev–Trinajstić information content (AvgIpc) is 2.65. The van der Waals surface area contributed by atoms with Crippen molar-refractivity contribution in [2.24, 2.45) is 7.05 Å². The number of amides is 1. The Morgan fingerprint density at radius 3 is 2.89 bits per heavy atom. The number of rotatable bonds is 2. The molecule has 1 atom stereocenters. The molecule has 0 aromatic carbocycles. The van der Waals surface area contributed by atoms with E-state index in [-0.39, 0.29) is 18.6 Å². The number of morpholine rings is 1. The Morgan fingerprint density at radius 2 is 2.33 bits per heavy atom. The van der Waals surface area contributed by atoms with E-state index in [0.717, 1.165) is 0 Å². The molecule has 0 bridgehead atoms. The van der Waals surface area contributed by atoms with Gasteiger partial charge in [0, 0.05) is 13.6 Å². The van der Waals surface area contributed by atoms with Crippen LogP contribution in [0.3, 0.4) is 0 Å². The number of aliphatic hydroxyl groups is 1. The number of halogens is 2. The zero-order chi connectivity index (χ0) is 13.3. The Balaban J connectivity index is 2.26. The van der Waals surface area contributed by atoms with Crippen LogP contribution < -0.4 is 0 Å². The Hall–Kier alpha value is -0.750. The highest BCUT2D eigenvalue weighted by Gasteiger charge is 2.29. The standard InChI is InChI=1S/C11H14Cl2N2O3/c1-14-9(4-8(12)10(14)13)11(17)15-2-3-18-6-7(15)5-16/h4,7,16H,2-3,5-6H2,1H3. The second kappa shape index (κ2) is 5.48. The van der Waals surface area contributed by atoms with Crippen molar-refractivity contribution in [2.75, 3.05) is 26.4 Å². The lowest BCUT2D eigenvalue weighted by molar-refractivity contribution is -0.0188. The number of nitrogens with zero attached hydrogens (tertiary/aromatic N) is 2. The Labute approximate surface area is 115 Å². The van der Waals surface area contributed by atoms with E-state index < -0.39 is 0 Å². The van der Waals surface area contributed by atoms with Gasteiger partial charge in [-0.3, -0.25) is 4.79 Å². The molecule has 1 unspecified atom stereocenters. The van der Waals surface area contributed by atoms with E-state index in [9.17, 15) is 9.90 Å². The van der Waals surface area contributed by atoms with Gasteiger partial charge < -0.3 is 19.3 Å². The highest BCUT2D eigenvalue weighted by molar-refractivity contribution is 6.41. The average molecular weight is 293 g/mol. The molecule has 1 saturated heterocycles. The third kappa shape index (κ3) is 2.36. The molecule has 1 fully saturated rings. The van der Waals surface area contributed by atoms with Gasteiger partial charge >= 0.3 is 0 Å². The second-order valence-electron chi connectivity index (χ2n) is 4.14. The molecule has 7 heteroatoms. The van der Waals surface area contributed by atoms with E-state index in [1.165, 1.54) is 10.6 Å². The van der Waals surface area contributed by atoms with Crippen LogP contribution in [0.2, 0.25) is 10.2 Å². The number of aromatic nitrogens is 1. The van der Waals surface area contributed by atoms with Gasteiger partial charge in [0.2, 0.25) is 0 Å². The second-order valence-corrected chi connectivity index (χ2v) is 4.90. The molecule has 0 spiro atoms. The highest BCUT2D eigenvalue weighted by Crippen LogP contribution is 2.26. The van der Waals surface area contributed by atoms with Crippen molar-refractivity contribution in [1.29, 1.82) is 0 Å². The van der Waals surface area contributed by atoms with E-state index in [4.69, 9.17) is 27.9 Å². The molecule has 2 rings (SSSR count). The van der Waals surface area contributed by atoms with Crippen LogP contribution >= 0.6 is 23.2 Å². The van der Waals surface area contributed by atoms with Crippen molar-refractivity contribution in [3.63, 3.8) is 0 Å². The van der Waals surface area contributed by atoms with Crippen LogP contribution in [0, 0.1) is 0 Å². The van der Waals surface area contributed by atoms with E-state index >= 15 is 0 Å². The third-order valence-electron chi connectivity index (χ3n) is 3.03. The molecule has 0 radical (unpaired) electrons. The Morgan fingerprint density at radius 1 is 1.61 bits per heavy atom. The van der Waals surface area contributed by atoms with Gasteiger partial charge in [0.1, 0.15) is 10.8 Å². The lowest BCUT2D eigenvalue weighted by Gasteiger charge is -2.34. The van der Waals surface area contributed by atoms with Crippen LogP contribution in [0.4, 0.5) is 0 Å². The normalized spacial score (nSPS) is 20.2. The Kier molecular flexibility index (Phi) is 4.17. The maximum Gasteiger partial charge on any atom is 0.271 e. The van der Waals surface area contributed by atoms with Gasteiger partial charge in [0.05, 0.1) is 30.9 Å². The van der Waals surface area contributed by atoms with Crippen molar-refractivity contribution in [3.05, 3.63) is 21.9 Å². The van der Waals surface area contributed by atoms with Gasteiger partial charge in [-0.1, -0.05) is 23.2 Å². The molecular weight excluding hydrogens is 279 g/mol. The van der Waals surface area contributed by atoms with Crippen LogP contribution in [-0.4, -0.2) is 52.9 Å². The summed E-state index contributed by atoms with van der Waals surface area (Å²) in [5.74, 6) is -0.200. The molecule has 0 saturated carbocycles. The fourth-order valence-corrected chi connectivity index (χ4v) is 2.34. The summed E-state index contributed by atoms with van der Waals surface area (Å²) in [6, 6.07) is 1.22. The minimum atomic E-state index is -0.321. The number of hydrogen-bond donors (Lipinski definition) is 1. The SMILES string of the molecule is Cn1c(C(=O)N2CCOCC2CO)cc(Cl)c1Cl. The van der Waals surface area contributed by atoms with E-state index in [1.807, 2.05) is 0 Å². The molecule has 1 aromatic heterocycles. The molecule has 1 aliphatic heterocycles. The smallest absolute Gasteiger partial charge is 0.271 e. The fraction of sp³-hybridized carbons (Fsp3) is 0.545. The lowest BCUT2D eigenvalue weighted by atomic mass is 10.2. The van der Waals surface area contributed by atoms with Gasteiger partial charge in [-0.25, -0.2) is 0 Å². The maximum atomic E-state index is 12.4. The summed E-state index contributed by atoms with van der Waals surface area (Å²) in [7, 11) is 1.68. The topological polar surface area (TPSA) is 54.7 Å². The van der Waals surface area contributed by atoms with Crippen molar-refractivity contribution in [3.8, 4) is 0 Å². The van der Waals surface area contributed by atoms with Gasteiger partial charge in [0.15, 0.2) is 0 Å². The summed E-state index contributed by atoms with van der Waals surface area (Å²) in [6.07, 6.45) is 0. The molecule has 1 aromatic rings. The van der Waals surface area contributed by atoms with Gasteiger partial charge in [-0.2, -0.15) is 0 Å². The third-order valence-corrected chi connectivity index (χ3v) is 3.88. The summed E-state index contributed by atoms with van der Waals surface area (Å²) >= 11 is 11.8. The minimum absolute atomic E-state index is 0.127. The molecule has 1 amide bonds. The van der Waals surface area contributed by atoms with Gasteiger partial charge in [-0.05, 0) is 6.07 Å². The summed E-state index contributed by atoms with van der Waals surface area (Å²) in [4.78, 5) is 14.0. The molecule has 5 nitrogen and oxygen atoms in total. The number of carbonyl (C=O) groups is 1. The summed E-state index contributed by atoms with van der Waals surface area (Å²) < 4.78 is 6.77. The quantitative estimate of drug-likeness (QED) is 0.890. The van der Waals surface area contributed by atoms with E-state index in [2.05, 4.69) is 0 Å². The van der Waals surface area contributed by atoms with Crippen LogP contribution in [0.1, 0.15) is 10.5 Å². The van der Waals surface area contributed by atoms with Gasteiger partial charge in [-0.15, -0.1) is 0 Å². The molecule has 1 N–H and O–H groups in total. The van der Waals surface area contributed by atoms with Crippen molar-refractivity contribution in [1.82, 2.24) is 9.47 Å². The number of hydrogen-bond acceptors (Lipinski definition) is 3. The van der Waals surface area contributed by atoms with E-state index in [0.29, 0.717) is 35.6 Å². The predicted octanol–water partition coefficient (Wildman–Crippen LogP) is 1.17. The number of ether oxygens (including phenoxy) is 1. The fourth-order valence-electron chi connectivity index (χ4n) is 1.97. The first-order valence-electron chi connectivity index (χ1n) is 5.56. The molecule has 0 aliphatic carbocycles. The minimum Gasteiger partial charge on any atom is -0.394 e. The van der Waals surface area contributed by atoms with E-state index in [1.54, 1.807) is 11.9 Å². The zero-order valence-electron chi connectivity index (χ0n) is 9.90. The molecule has 1 aliphatic rings. The molecule has 18 heavy (non-hydrogen) atoms. The van der Waals surface area contributed by atoms with Crippen molar-refractivity contribution >= 4 is 29.1 Å². The lowest BCUT2D eigenvalue weighted by Crippen LogP contribution is -2.50. The highest BCUT2D eigenvalue weighted by atomic mass is 35.5. The first kappa shape index (κ1) is 13.7.